The van der Waals surface area contributed by atoms with Crippen LogP contribution in [0.25, 0.3) is 0 Å². The molecule has 0 saturated carbocycles. The number of rotatable bonds is 2. The summed E-state index contributed by atoms with van der Waals surface area (Å²) in [6.07, 6.45) is 1.21. The highest BCUT2D eigenvalue weighted by molar-refractivity contribution is 7.99. The maximum atomic E-state index is 5.59. The first kappa shape index (κ1) is 11.1. The summed E-state index contributed by atoms with van der Waals surface area (Å²) in [7, 11) is 0. The molecule has 3 heteroatoms. The van der Waals surface area contributed by atoms with E-state index in [1.165, 1.54) is 17.7 Å². The zero-order chi connectivity index (χ0) is 10.8. The van der Waals surface area contributed by atoms with E-state index in [4.69, 9.17) is 4.42 Å². The molecule has 2 nitrogen and oxygen atoms in total. The van der Waals surface area contributed by atoms with Crippen LogP contribution in [0.2, 0.25) is 0 Å². The van der Waals surface area contributed by atoms with Gasteiger partial charge >= 0.3 is 0 Å². The normalized spacial score (nSPS) is 26.9. The van der Waals surface area contributed by atoms with Gasteiger partial charge in [-0.2, -0.15) is 11.8 Å². The molecule has 84 valence electrons. The van der Waals surface area contributed by atoms with Crippen molar-refractivity contribution in [1.29, 1.82) is 0 Å². The summed E-state index contributed by atoms with van der Waals surface area (Å²) < 4.78 is 5.59. The Morgan fingerprint density at radius 1 is 1.47 bits per heavy atom. The average Bonchev–Trinajstić information content (AvgIpc) is 2.58. The lowest BCUT2D eigenvalue weighted by Gasteiger charge is -2.29. The van der Waals surface area contributed by atoms with Crippen molar-refractivity contribution in [2.24, 2.45) is 0 Å². The summed E-state index contributed by atoms with van der Waals surface area (Å²) in [5.41, 5.74) is 1.35. The van der Waals surface area contributed by atoms with Gasteiger partial charge < -0.3 is 9.73 Å². The molecule has 0 aromatic carbocycles. The van der Waals surface area contributed by atoms with E-state index in [0.29, 0.717) is 12.1 Å². The minimum Gasteiger partial charge on any atom is -0.466 e. The van der Waals surface area contributed by atoms with Crippen LogP contribution in [0.15, 0.2) is 10.5 Å². The lowest BCUT2D eigenvalue weighted by atomic mass is 10.1. The third kappa shape index (κ3) is 2.40. The van der Waals surface area contributed by atoms with Crippen LogP contribution in [0.4, 0.5) is 0 Å². The molecule has 0 radical (unpaired) electrons. The molecule has 2 rings (SSSR count). The number of furan rings is 1. The van der Waals surface area contributed by atoms with Crippen molar-refractivity contribution < 1.29 is 4.42 Å². The maximum Gasteiger partial charge on any atom is 0.105 e. The monoisotopic (exact) mass is 225 g/mol. The van der Waals surface area contributed by atoms with Gasteiger partial charge in [0.25, 0.3) is 0 Å². The van der Waals surface area contributed by atoms with E-state index >= 15 is 0 Å². The molecule has 1 aliphatic rings. The first-order valence-electron chi connectivity index (χ1n) is 5.61. The van der Waals surface area contributed by atoms with Crippen molar-refractivity contribution in [3.63, 3.8) is 0 Å². The fraction of sp³-hybridized carbons (Fsp3) is 0.667. The van der Waals surface area contributed by atoms with Gasteiger partial charge in [-0.3, -0.25) is 0 Å². The molecule has 1 aromatic rings. The van der Waals surface area contributed by atoms with Crippen LogP contribution >= 0.6 is 11.8 Å². The van der Waals surface area contributed by atoms with E-state index in [9.17, 15) is 0 Å². The van der Waals surface area contributed by atoms with Crippen LogP contribution in [-0.4, -0.2) is 17.5 Å². The molecule has 1 saturated heterocycles. The first-order chi connectivity index (χ1) is 7.20. The maximum absolute atomic E-state index is 5.59. The van der Waals surface area contributed by atoms with E-state index in [0.717, 1.165) is 17.3 Å². The number of hydrogen-bond acceptors (Lipinski definition) is 3. The van der Waals surface area contributed by atoms with Gasteiger partial charge in [0, 0.05) is 29.2 Å². The lowest BCUT2D eigenvalue weighted by Crippen LogP contribution is -2.39. The first-order valence-corrected chi connectivity index (χ1v) is 6.77. The molecule has 1 N–H and O–H groups in total. The Balaban J connectivity index is 2.13. The van der Waals surface area contributed by atoms with Crippen molar-refractivity contribution in [2.45, 2.75) is 39.3 Å². The Morgan fingerprint density at radius 2 is 2.27 bits per heavy atom. The number of nitrogens with one attached hydrogen (secondary N) is 1. The van der Waals surface area contributed by atoms with Crippen molar-refractivity contribution >= 4 is 11.8 Å². The molecule has 0 bridgehead atoms. The Bertz CT molecular complexity index is 334. The molecule has 0 aliphatic carbocycles. The second-order valence-electron chi connectivity index (χ2n) is 4.23. The van der Waals surface area contributed by atoms with Crippen LogP contribution in [0, 0.1) is 13.8 Å². The molecular weight excluding hydrogens is 206 g/mol. The minimum absolute atomic E-state index is 0.478. The van der Waals surface area contributed by atoms with E-state index in [1.54, 1.807) is 0 Å². The molecule has 0 amide bonds. The van der Waals surface area contributed by atoms with Gasteiger partial charge in [0.15, 0.2) is 0 Å². The van der Waals surface area contributed by atoms with Crippen LogP contribution in [0.1, 0.15) is 36.5 Å². The topological polar surface area (TPSA) is 25.2 Å². The van der Waals surface area contributed by atoms with Crippen LogP contribution in [-0.2, 0) is 0 Å². The zero-order valence-electron chi connectivity index (χ0n) is 9.67. The largest absolute Gasteiger partial charge is 0.466 e. The summed E-state index contributed by atoms with van der Waals surface area (Å²) in [5.74, 6) is 4.49. The van der Waals surface area contributed by atoms with Crippen LogP contribution in [0.3, 0.4) is 0 Å². The summed E-state index contributed by atoms with van der Waals surface area (Å²) in [5, 5.41) is 3.69. The fourth-order valence-corrected chi connectivity index (χ4v) is 3.38. The molecule has 1 fully saturated rings. The minimum atomic E-state index is 0.478. The van der Waals surface area contributed by atoms with Gasteiger partial charge in [0.2, 0.25) is 0 Å². The van der Waals surface area contributed by atoms with Crippen molar-refractivity contribution in [3.05, 3.63) is 23.2 Å². The summed E-state index contributed by atoms with van der Waals surface area (Å²) in [4.78, 5) is 0. The Hall–Kier alpha value is -0.410. The molecule has 1 aliphatic heterocycles. The van der Waals surface area contributed by atoms with E-state index in [1.807, 2.05) is 18.7 Å². The molecule has 0 spiro atoms. The summed E-state index contributed by atoms with van der Waals surface area (Å²) in [6, 6.07) is 3.31. The Labute approximate surface area is 95.8 Å². The smallest absolute Gasteiger partial charge is 0.105 e. The van der Waals surface area contributed by atoms with Gasteiger partial charge in [0.05, 0.1) is 0 Å². The highest BCUT2D eigenvalue weighted by atomic mass is 32.2. The quantitative estimate of drug-likeness (QED) is 0.837. The molecule has 2 atom stereocenters. The summed E-state index contributed by atoms with van der Waals surface area (Å²) >= 11 is 2.04. The van der Waals surface area contributed by atoms with E-state index in [-0.39, 0.29) is 0 Å². The Morgan fingerprint density at radius 3 is 2.87 bits per heavy atom. The molecule has 2 unspecified atom stereocenters. The second-order valence-corrected chi connectivity index (χ2v) is 5.31. The van der Waals surface area contributed by atoms with Crippen molar-refractivity contribution in [2.75, 3.05) is 11.5 Å². The highest BCUT2D eigenvalue weighted by Gasteiger charge is 2.24. The SMILES string of the molecule is CCC1CSCC(c2cc(C)oc2C)N1. The van der Waals surface area contributed by atoms with Gasteiger partial charge in [-0.05, 0) is 26.3 Å². The lowest BCUT2D eigenvalue weighted by molar-refractivity contribution is 0.452. The van der Waals surface area contributed by atoms with Gasteiger partial charge in [-0.15, -0.1) is 0 Å². The standard InChI is InChI=1S/C12H19NOS/c1-4-10-6-15-7-12(13-10)11-5-8(2)14-9(11)3/h5,10,12-13H,4,6-7H2,1-3H3. The zero-order valence-corrected chi connectivity index (χ0v) is 10.5. The van der Waals surface area contributed by atoms with E-state index < -0.39 is 0 Å². The van der Waals surface area contributed by atoms with Crippen molar-refractivity contribution in [3.8, 4) is 0 Å². The van der Waals surface area contributed by atoms with Crippen LogP contribution < -0.4 is 5.32 Å². The van der Waals surface area contributed by atoms with Gasteiger partial charge in [-0.25, -0.2) is 0 Å². The number of aryl methyl sites for hydroxylation is 2. The predicted octanol–water partition coefficient (Wildman–Crippen LogP) is 3.05. The molecule has 1 aromatic heterocycles. The Kier molecular flexibility index (Phi) is 3.42. The molecule has 15 heavy (non-hydrogen) atoms. The number of hydrogen-bond donors (Lipinski definition) is 1. The van der Waals surface area contributed by atoms with Crippen molar-refractivity contribution in [1.82, 2.24) is 5.32 Å². The third-order valence-electron chi connectivity index (χ3n) is 2.99. The third-order valence-corrected chi connectivity index (χ3v) is 4.20. The average molecular weight is 225 g/mol. The molecule has 2 heterocycles. The summed E-state index contributed by atoms with van der Waals surface area (Å²) in [6.45, 7) is 6.32. The van der Waals surface area contributed by atoms with Gasteiger partial charge in [0.1, 0.15) is 11.5 Å². The second kappa shape index (κ2) is 4.62. The van der Waals surface area contributed by atoms with E-state index in [2.05, 4.69) is 25.2 Å². The predicted molar refractivity (Wildman–Crippen MR) is 65.5 cm³/mol. The molecular formula is C12H19NOS. The fourth-order valence-electron chi connectivity index (χ4n) is 2.12. The van der Waals surface area contributed by atoms with Gasteiger partial charge in [-0.1, -0.05) is 6.92 Å². The highest BCUT2D eigenvalue weighted by Crippen LogP contribution is 2.29. The van der Waals surface area contributed by atoms with Crippen LogP contribution in [0.5, 0.6) is 0 Å². The number of thioether (sulfide) groups is 1.